The molecule has 0 aliphatic heterocycles. The minimum absolute atomic E-state index is 0.00725. The molecule has 1 aromatic rings. The summed E-state index contributed by atoms with van der Waals surface area (Å²) < 4.78 is 0. The Bertz CT molecular complexity index is 484. The monoisotopic (exact) mass is 276 g/mol. The van der Waals surface area contributed by atoms with E-state index in [1.807, 2.05) is 42.5 Å². The van der Waals surface area contributed by atoms with Crippen LogP contribution in [0.5, 0.6) is 0 Å². The molecule has 0 fully saturated rings. The molecule has 1 aliphatic rings. The van der Waals surface area contributed by atoms with Crippen molar-refractivity contribution >= 4 is 31.0 Å². The number of carbonyl (C=O) groups is 1. The number of benzene rings is 1. The van der Waals surface area contributed by atoms with Gasteiger partial charge in [0.05, 0.1) is 0 Å². The number of allylic oxidation sites excluding steroid dienone is 4. The Morgan fingerprint density at radius 2 is 1.83 bits per heavy atom. The standard InChI is InChI=1S/C15H16OS2/c16-14(12-4-2-1-3-5-12)13-6-8-15(10-17,11-18)9-7-13/h1-8,17-18H,9-11H2. The second-order valence-electron chi connectivity index (χ2n) is 4.57. The van der Waals surface area contributed by atoms with Crippen molar-refractivity contribution < 1.29 is 4.79 Å². The van der Waals surface area contributed by atoms with E-state index in [9.17, 15) is 4.79 Å². The molecule has 0 N–H and O–H groups in total. The summed E-state index contributed by atoms with van der Waals surface area (Å²) in [4.78, 5) is 12.2. The molecule has 3 heteroatoms. The molecule has 0 aromatic heterocycles. The van der Waals surface area contributed by atoms with Crippen LogP contribution >= 0.6 is 25.3 Å². The van der Waals surface area contributed by atoms with E-state index >= 15 is 0 Å². The fourth-order valence-electron chi connectivity index (χ4n) is 1.92. The average Bonchev–Trinajstić information content (AvgIpc) is 2.47. The van der Waals surface area contributed by atoms with Crippen LogP contribution < -0.4 is 0 Å². The van der Waals surface area contributed by atoms with E-state index in [-0.39, 0.29) is 11.2 Å². The largest absolute Gasteiger partial charge is 0.289 e. The summed E-state index contributed by atoms with van der Waals surface area (Å²) in [5.74, 6) is 1.57. The SMILES string of the molecule is O=C(C1=CCC(CS)(CS)C=C1)c1ccccc1. The topological polar surface area (TPSA) is 17.1 Å². The van der Waals surface area contributed by atoms with Gasteiger partial charge in [-0.2, -0.15) is 25.3 Å². The van der Waals surface area contributed by atoms with Gasteiger partial charge in [-0.05, 0) is 6.42 Å². The zero-order chi connectivity index (χ0) is 13.0. The molecule has 0 bridgehead atoms. The highest BCUT2D eigenvalue weighted by molar-refractivity contribution is 7.81. The van der Waals surface area contributed by atoms with Crippen LogP contribution in [0.4, 0.5) is 0 Å². The fourth-order valence-corrected chi connectivity index (χ4v) is 2.79. The number of ketones is 1. The van der Waals surface area contributed by atoms with E-state index in [0.717, 1.165) is 29.1 Å². The molecule has 1 nitrogen and oxygen atoms in total. The van der Waals surface area contributed by atoms with Crippen molar-refractivity contribution in [2.24, 2.45) is 5.41 Å². The third-order valence-electron chi connectivity index (χ3n) is 3.27. The van der Waals surface area contributed by atoms with Gasteiger partial charge in [-0.1, -0.05) is 48.6 Å². The lowest BCUT2D eigenvalue weighted by Gasteiger charge is -2.28. The molecular formula is C15H16OS2. The highest BCUT2D eigenvalue weighted by Crippen LogP contribution is 2.33. The maximum Gasteiger partial charge on any atom is 0.192 e. The lowest BCUT2D eigenvalue weighted by atomic mass is 9.82. The molecule has 1 aromatic carbocycles. The highest BCUT2D eigenvalue weighted by Gasteiger charge is 2.26. The molecule has 0 saturated carbocycles. The van der Waals surface area contributed by atoms with Gasteiger partial charge in [0.1, 0.15) is 0 Å². The summed E-state index contributed by atoms with van der Waals surface area (Å²) in [6, 6.07) is 9.36. The number of hydrogen-bond acceptors (Lipinski definition) is 3. The van der Waals surface area contributed by atoms with Gasteiger partial charge in [0.2, 0.25) is 0 Å². The van der Waals surface area contributed by atoms with Crippen LogP contribution in [0.15, 0.2) is 54.1 Å². The van der Waals surface area contributed by atoms with Crippen molar-refractivity contribution in [2.45, 2.75) is 6.42 Å². The summed E-state index contributed by atoms with van der Waals surface area (Å²) in [6.45, 7) is 0. The van der Waals surface area contributed by atoms with Gasteiger partial charge in [-0.3, -0.25) is 4.79 Å². The van der Waals surface area contributed by atoms with E-state index in [4.69, 9.17) is 0 Å². The predicted octanol–water partition coefficient (Wildman–Crippen LogP) is 3.60. The third kappa shape index (κ3) is 2.73. The lowest BCUT2D eigenvalue weighted by Crippen LogP contribution is -2.24. The van der Waals surface area contributed by atoms with Crippen molar-refractivity contribution in [1.82, 2.24) is 0 Å². The smallest absolute Gasteiger partial charge is 0.192 e. The second-order valence-corrected chi connectivity index (χ2v) is 5.20. The van der Waals surface area contributed by atoms with Gasteiger partial charge in [0.15, 0.2) is 5.78 Å². The summed E-state index contributed by atoms with van der Waals surface area (Å²) in [6.07, 6.45) is 6.81. The Morgan fingerprint density at radius 1 is 1.17 bits per heavy atom. The minimum atomic E-state index is -0.00725. The summed E-state index contributed by atoms with van der Waals surface area (Å²) in [5, 5.41) is 0. The van der Waals surface area contributed by atoms with Crippen molar-refractivity contribution in [2.75, 3.05) is 11.5 Å². The first-order chi connectivity index (χ1) is 8.71. The normalized spacial score (nSPS) is 17.3. The van der Waals surface area contributed by atoms with Gasteiger partial charge < -0.3 is 0 Å². The van der Waals surface area contributed by atoms with E-state index < -0.39 is 0 Å². The molecule has 0 atom stereocenters. The Balaban J connectivity index is 2.17. The Kier molecular flexibility index (Phi) is 4.36. The van der Waals surface area contributed by atoms with Gasteiger partial charge in [0.25, 0.3) is 0 Å². The molecule has 2 rings (SSSR count). The predicted molar refractivity (Wildman–Crippen MR) is 82.8 cm³/mol. The summed E-state index contributed by atoms with van der Waals surface area (Å²) in [5.41, 5.74) is 1.49. The van der Waals surface area contributed by atoms with Crippen LogP contribution in [-0.4, -0.2) is 17.3 Å². The van der Waals surface area contributed by atoms with E-state index in [1.54, 1.807) is 0 Å². The molecule has 1 aliphatic carbocycles. The van der Waals surface area contributed by atoms with Crippen molar-refractivity contribution in [3.63, 3.8) is 0 Å². The molecule has 0 radical (unpaired) electrons. The fraction of sp³-hybridized carbons (Fsp3) is 0.267. The van der Waals surface area contributed by atoms with Crippen LogP contribution in [0.3, 0.4) is 0 Å². The van der Waals surface area contributed by atoms with E-state index in [1.165, 1.54) is 0 Å². The van der Waals surface area contributed by atoms with Crippen LogP contribution in [0.2, 0.25) is 0 Å². The molecule has 0 amide bonds. The molecular weight excluding hydrogens is 260 g/mol. The maximum atomic E-state index is 12.2. The first kappa shape index (κ1) is 13.5. The summed E-state index contributed by atoms with van der Waals surface area (Å²) >= 11 is 8.73. The van der Waals surface area contributed by atoms with E-state index in [2.05, 4.69) is 31.3 Å². The van der Waals surface area contributed by atoms with Crippen molar-refractivity contribution in [1.29, 1.82) is 0 Å². The quantitative estimate of drug-likeness (QED) is 0.635. The highest BCUT2D eigenvalue weighted by atomic mass is 32.1. The Morgan fingerprint density at radius 3 is 2.33 bits per heavy atom. The second kappa shape index (κ2) is 5.81. The number of rotatable bonds is 4. The van der Waals surface area contributed by atoms with Crippen LogP contribution in [0.1, 0.15) is 16.8 Å². The zero-order valence-corrected chi connectivity index (χ0v) is 11.8. The van der Waals surface area contributed by atoms with Crippen LogP contribution in [-0.2, 0) is 0 Å². The van der Waals surface area contributed by atoms with Gasteiger partial charge in [-0.25, -0.2) is 0 Å². The average molecular weight is 276 g/mol. The van der Waals surface area contributed by atoms with E-state index in [0.29, 0.717) is 0 Å². The van der Waals surface area contributed by atoms with Crippen molar-refractivity contribution in [3.8, 4) is 0 Å². The molecule has 94 valence electrons. The summed E-state index contributed by atoms with van der Waals surface area (Å²) in [7, 11) is 0. The molecule has 18 heavy (non-hydrogen) atoms. The molecule has 0 unspecified atom stereocenters. The lowest BCUT2D eigenvalue weighted by molar-refractivity contribution is 0.103. The number of thiol groups is 2. The number of carbonyl (C=O) groups excluding carboxylic acids is 1. The van der Waals surface area contributed by atoms with Crippen LogP contribution in [0, 0.1) is 5.41 Å². The first-order valence-corrected chi connectivity index (χ1v) is 7.18. The number of Topliss-reactive ketones (excluding diaryl/α,β-unsaturated/α-hetero) is 1. The molecule has 0 saturated heterocycles. The molecule has 0 spiro atoms. The van der Waals surface area contributed by atoms with Crippen LogP contribution in [0.25, 0.3) is 0 Å². The third-order valence-corrected chi connectivity index (χ3v) is 4.53. The Hall–Kier alpha value is -0.930. The zero-order valence-electron chi connectivity index (χ0n) is 10.0. The Labute approximate surface area is 119 Å². The molecule has 0 heterocycles. The minimum Gasteiger partial charge on any atom is -0.289 e. The maximum absolute atomic E-state index is 12.2. The first-order valence-electron chi connectivity index (χ1n) is 5.92. The van der Waals surface area contributed by atoms with Crippen molar-refractivity contribution in [3.05, 3.63) is 59.7 Å². The number of hydrogen-bond donors (Lipinski definition) is 2. The van der Waals surface area contributed by atoms with Gasteiger partial charge in [-0.15, -0.1) is 0 Å². The van der Waals surface area contributed by atoms with Gasteiger partial charge >= 0.3 is 0 Å². The van der Waals surface area contributed by atoms with Gasteiger partial charge in [0, 0.05) is 28.1 Å².